The van der Waals surface area contributed by atoms with Gasteiger partial charge in [0.05, 0.1) is 0 Å². The highest BCUT2D eigenvalue weighted by atomic mass is 29.3. The fraction of sp³-hybridized carbons (Fsp3) is 1.00. The van der Waals surface area contributed by atoms with E-state index >= 15 is 0 Å². The van der Waals surface area contributed by atoms with E-state index in [1.165, 1.54) is 0 Å². The zero-order valence-electron chi connectivity index (χ0n) is 20.7. The van der Waals surface area contributed by atoms with E-state index in [1.54, 1.807) is 17.8 Å². The highest BCUT2D eigenvalue weighted by molar-refractivity contribution is 7.46. The number of hydrogen-bond acceptors (Lipinski definition) is 0. The van der Waals surface area contributed by atoms with Crippen LogP contribution in [0.15, 0.2) is 0 Å². The normalized spacial score (nSPS) is 15.5. The van der Waals surface area contributed by atoms with Gasteiger partial charge in [-0.15, -0.1) is 0 Å². The molecule has 0 aliphatic rings. The largest absolute Gasteiger partial charge is 0.131 e. The summed E-state index contributed by atoms with van der Waals surface area (Å²) < 4.78 is 0. The molecule has 0 rings (SSSR count). The topological polar surface area (TPSA) is 0 Å². The van der Waals surface area contributed by atoms with Crippen LogP contribution in [0.25, 0.3) is 0 Å². The summed E-state index contributed by atoms with van der Waals surface area (Å²) in [5.41, 5.74) is 0. The van der Waals surface area contributed by atoms with E-state index in [1.807, 2.05) is 0 Å². The van der Waals surface area contributed by atoms with Gasteiger partial charge in [-0.2, -0.15) is 0 Å². The molecular formula is C18H51BSi6. The average Bonchev–Trinajstić information content (AvgIpc) is 2.21. The molecule has 0 nitrogen and oxygen atoms in total. The van der Waals surface area contributed by atoms with Crippen LogP contribution in [0.3, 0.4) is 0 Å². The molecule has 0 aromatic heterocycles. The summed E-state index contributed by atoms with van der Waals surface area (Å²) in [5, 5.41) is 0. The smallest absolute Gasteiger partial charge is 0.0805 e. The van der Waals surface area contributed by atoms with Crippen molar-refractivity contribution in [3.05, 3.63) is 0 Å². The van der Waals surface area contributed by atoms with Crippen molar-refractivity contribution in [2.24, 2.45) is 0 Å². The van der Waals surface area contributed by atoms with Crippen molar-refractivity contribution < 1.29 is 0 Å². The van der Waals surface area contributed by atoms with Crippen LogP contribution in [0, 0.1) is 0 Å². The average molecular weight is 447 g/mol. The highest BCUT2D eigenvalue weighted by Crippen LogP contribution is 2.35. The summed E-state index contributed by atoms with van der Waals surface area (Å²) >= 11 is 0. The molecule has 0 N–H and O–H groups in total. The van der Waals surface area contributed by atoms with Crippen molar-refractivity contribution >= 4 is 52.3 Å². The van der Waals surface area contributed by atoms with E-state index in [2.05, 4.69) is 98.2 Å². The molecule has 0 atom stereocenters. The van der Waals surface area contributed by atoms with Gasteiger partial charge in [0.25, 0.3) is 0 Å². The molecule has 0 bridgehead atoms. The second-order valence-electron chi connectivity index (χ2n) is 13.9. The lowest BCUT2D eigenvalue weighted by atomic mass is 9.56. The first kappa shape index (κ1) is 26.4. The summed E-state index contributed by atoms with van der Waals surface area (Å²) in [6, 6.07) is 0. The first-order valence-electron chi connectivity index (χ1n) is 10.5. The molecule has 25 heavy (non-hydrogen) atoms. The third-order valence-corrected chi connectivity index (χ3v) is 63.8. The zero-order valence-corrected chi connectivity index (χ0v) is 26.7. The van der Waals surface area contributed by atoms with Crippen LogP contribution in [0.5, 0.6) is 0 Å². The van der Waals surface area contributed by atoms with Crippen LogP contribution >= 0.6 is 0 Å². The summed E-state index contributed by atoms with van der Waals surface area (Å²) in [4.78, 5) is 0. The molecule has 0 aliphatic heterocycles. The Labute approximate surface area is 167 Å². The molecule has 150 valence electrons. The van der Waals surface area contributed by atoms with Gasteiger partial charge < -0.3 is 0 Å². The Hall–Kier alpha value is 1.37. The molecule has 0 spiro atoms. The third-order valence-electron chi connectivity index (χ3n) is 8.49. The summed E-state index contributed by atoms with van der Waals surface area (Å²) in [6.45, 7) is 41.3. The molecule has 0 aromatic rings. The molecule has 0 aliphatic carbocycles. The SMILES string of the molecule is C[Si](C)(C)[Si](C)(C)CB(C[Si](C)(C)[Si](C)(C)C)C[Si](C)(C)[Si](C)(C)C. The van der Waals surface area contributed by atoms with Crippen LogP contribution in [0.4, 0.5) is 0 Å². The van der Waals surface area contributed by atoms with Crippen molar-refractivity contribution in [2.45, 2.75) is 116 Å². The molecule has 7 heteroatoms. The minimum atomic E-state index is -1.07. The van der Waals surface area contributed by atoms with Crippen molar-refractivity contribution in [1.29, 1.82) is 0 Å². The highest BCUT2D eigenvalue weighted by Gasteiger charge is 2.47. The maximum absolute atomic E-state index is 2.73. The van der Waals surface area contributed by atoms with Crippen molar-refractivity contribution in [3.63, 3.8) is 0 Å². The van der Waals surface area contributed by atoms with Crippen LogP contribution in [-0.4, -0.2) is 52.3 Å². The van der Waals surface area contributed by atoms with E-state index in [0.717, 1.165) is 6.71 Å². The molecule has 0 saturated carbocycles. The predicted molar refractivity (Wildman–Crippen MR) is 143 cm³/mol. The van der Waals surface area contributed by atoms with Crippen molar-refractivity contribution in [3.8, 4) is 0 Å². The minimum absolute atomic E-state index is 0.998. The van der Waals surface area contributed by atoms with E-state index < -0.39 is 45.5 Å². The number of hydrogen-bond donors (Lipinski definition) is 0. The molecule has 0 amide bonds. The van der Waals surface area contributed by atoms with E-state index in [4.69, 9.17) is 0 Å². The maximum Gasteiger partial charge on any atom is 0.131 e. The molecule has 0 heterocycles. The Bertz CT molecular complexity index is 371. The van der Waals surface area contributed by atoms with Gasteiger partial charge in [-0.3, -0.25) is 0 Å². The van der Waals surface area contributed by atoms with Crippen molar-refractivity contribution in [1.82, 2.24) is 0 Å². The third kappa shape index (κ3) is 7.36. The lowest BCUT2D eigenvalue weighted by Gasteiger charge is -2.45. The van der Waals surface area contributed by atoms with Gasteiger partial charge in [0, 0.05) is 45.5 Å². The zero-order chi connectivity index (χ0) is 20.7. The van der Waals surface area contributed by atoms with Gasteiger partial charge in [0.1, 0.15) is 6.71 Å². The first-order chi connectivity index (χ1) is 10.5. The van der Waals surface area contributed by atoms with Crippen LogP contribution < -0.4 is 0 Å². The molecule has 0 aromatic carbocycles. The fourth-order valence-corrected chi connectivity index (χ4v) is 19.3. The second kappa shape index (κ2) is 8.01. The molecular weight excluding hydrogens is 396 g/mol. The van der Waals surface area contributed by atoms with Gasteiger partial charge in [0.15, 0.2) is 0 Å². The quantitative estimate of drug-likeness (QED) is 0.322. The van der Waals surface area contributed by atoms with Gasteiger partial charge in [0.2, 0.25) is 0 Å². The lowest BCUT2D eigenvalue weighted by molar-refractivity contribution is 1.50. The van der Waals surface area contributed by atoms with Gasteiger partial charge in [-0.05, 0) is 0 Å². The summed E-state index contributed by atoms with van der Waals surface area (Å²) in [6.07, 6.45) is 0. The standard InChI is InChI=1S/C18H51BSi6/c1-20(2,3)23(10,11)16-19(17-24(12,13)21(4,5)6)18-25(14,15)22(7,8)9/h16-18H2,1-15H3. The van der Waals surface area contributed by atoms with Crippen LogP contribution in [0.2, 0.25) is 116 Å². The Balaban J connectivity index is 5.70. The predicted octanol–water partition coefficient (Wildman–Crippen LogP) is 7.47. The fourth-order valence-electron chi connectivity index (χ4n) is 3.30. The van der Waals surface area contributed by atoms with E-state index in [0.29, 0.717) is 0 Å². The Morgan fingerprint density at radius 3 is 0.640 bits per heavy atom. The Morgan fingerprint density at radius 1 is 0.360 bits per heavy atom. The minimum Gasteiger partial charge on any atom is -0.0805 e. The van der Waals surface area contributed by atoms with Crippen molar-refractivity contribution in [2.75, 3.05) is 0 Å². The lowest BCUT2D eigenvalue weighted by Crippen LogP contribution is -2.61. The molecule has 0 unspecified atom stereocenters. The van der Waals surface area contributed by atoms with Crippen LogP contribution in [0.1, 0.15) is 0 Å². The monoisotopic (exact) mass is 446 g/mol. The Kier molecular flexibility index (Phi) is 8.45. The van der Waals surface area contributed by atoms with E-state index in [9.17, 15) is 0 Å². The summed E-state index contributed by atoms with van der Waals surface area (Å²) in [7, 11) is -6.21. The van der Waals surface area contributed by atoms with Gasteiger partial charge in [-0.25, -0.2) is 0 Å². The maximum atomic E-state index is 2.73. The van der Waals surface area contributed by atoms with Gasteiger partial charge >= 0.3 is 0 Å². The Morgan fingerprint density at radius 2 is 0.520 bits per heavy atom. The first-order valence-corrected chi connectivity index (χ1v) is 33.7. The van der Waals surface area contributed by atoms with E-state index in [-0.39, 0.29) is 0 Å². The molecule has 0 radical (unpaired) electrons. The van der Waals surface area contributed by atoms with Crippen LogP contribution in [-0.2, 0) is 0 Å². The van der Waals surface area contributed by atoms with Gasteiger partial charge in [-0.1, -0.05) is 116 Å². The molecule has 0 fully saturated rings. The summed E-state index contributed by atoms with van der Waals surface area (Å²) in [5.74, 6) is 4.89. The number of rotatable bonds is 9. The second-order valence-corrected chi connectivity index (χ2v) is 65.6. The molecule has 0 saturated heterocycles.